The highest BCUT2D eigenvalue weighted by molar-refractivity contribution is 5.97. The van der Waals surface area contributed by atoms with Gasteiger partial charge in [0.25, 0.3) is 5.91 Å². The monoisotopic (exact) mass is 319 g/mol. The Labute approximate surface area is 137 Å². The van der Waals surface area contributed by atoms with Crippen LogP contribution in [0.4, 0.5) is 5.69 Å². The van der Waals surface area contributed by atoms with Crippen molar-refractivity contribution < 1.29 is 14.3 Å². The van der Waals surface area contributed by atoms with E-state index in [-0.39, 0.29) is 23.9 Å². The third kappa shape index (κ3) is 5.65. The van der Waals surface area contributed by atoms with Gasteiger partial charge < -0.3 is 20.3 Å². The average Bonchev–Trinajstić information content (AvgIpc) is 2.53. The van der Waals surface area contributed by atoms with E-state index in [0.717, 1.165) is 0 Å². The van der Waals surface area contributed by atoms with Gasteiger partial charge in [-0.05, 0) is 39.0 Å². The molecular weight excluding hydrogens is 294 g/mol. The molecule has 0 saturated carbocycles. The summed E-state index contributed by atoms with van der Waals surface area (Å²) in [5, 5.41) is 5.95. The molecular formula is C17H25N3O3. The molecule has 1 aromatic rings. The van der Waals surface area contributed by atoms with Crippen LogP contribution in [0.1, 0.15) is 31.1 Å². The first-order valence-electron chi connectivity index (χ1n) is 7.87. The lowest BCUT2D eigenvalue weighted by Crippen LogP contribution is -2.41. The molecule has 2 rings (SSSR count). The molecule has 2 N–H and O–H groups in total. The van der Waals surface area contributed by atoms with Gasteiger partial charge in [-0.2, -0.15) is 0 Å². The summed E-state index contributed by atoms with van der Waals surface area (Å²) < 4.78 is 5.26. The summed E-state index contributed by atoms with van der Waals surface area (Å²) in [6.45, 7) is 8.58. The number of ether oxygens (including phenoxy) is 1. The van der Waals surface area contributed by atoms with Crippen LogP contribution >= 0.6 is 0 Å². The van der Waals surface area contributed by atoms with E-state index in [1.807, 2.05) is 20.8 Å². The van der Waals surface area contributed by atoms with Gasteiger partial charge in [0, 0.05) is 29.9 Å². The summed E-state index contributed by atoms with van der Waals surface area (Å²) in [4.78, 5) is 26.2. The smallest absolute Gasteiger partial charge is 0.254 e. The van der Waals surface area contributed by atoms with Gasteiger partial charge in [0.2, 0.25) is 5.91 Å². The molecule has 0 aliphatic carbocycles. The number of carbonyl (C=O) groups is 2. The molecule has 1 heterocycles. The minimum Gasteiger partial charge on any atom is -0.378 e. The number of hydrogen-bond acceptors (Lipinski definition) is 4. The molecule has 0 unspecified atom stereocenters. The Balaban J connectivity index is 1.96. The number of benzene rings is 1. The van der Waals surface area contributed by atoms with Gasteiger partial charge >= 0.3 is 0 Å². The van der Waals surface area contributed by atoms with Crippen molar-refractivity contribution in [3.05, 3.63) is 29.8 Å². The second kappa shape index (κ2) is 7.57. The number of amides is 2. The predicted molar refractivity (Wildman–Crippen MR) is 89.5 cm³/mol. The van der Waals surface area contributed by atoms with Crippen LogP contribution in [0.5, 0.6) is 0 Å². The van der Waals surface area contributed by atoms with Crippen molar-refractivity contribution in [2.24, 2.45) is 0 Å². The average molecular weight is 319 g/mol. The van der Waals surface area contributed by atoms with Gasteiger partial charge in [0.05, 0.1) is 19.8 Å². The fourth-order valence-corrected chi connectivity index (χ4v) is 2.23. The lowest BCUT2D eigenvalue weighted by molar-refractivity contribution is -0.115. The fraction of sp³-hybridized carbons (Fsp3) is 0.529. The van der Waals surface area contributed by atoms with E-state index in [1.54, 1.807) is 29.2 Å². The van der Waals surface area contributed by atoms with Crippen LogP contribution < -0.4 is 10.6 Å². The first kappa shape index (κ1) is 17.4. The Morgan fingerprint density at radius 2 is 1.91 bits per heavy atom. The van der Waals surface area contributed by atoms with Crippen molar-refractivity contribution in [1.29, 1.82) is 0 Å². The SMILES string of the molecule is CC(C)(C)NCC(=O)Nc1cccc(C(=O)N2CCOCC2)c1. The van der Waals surface area contributed by atoms with E-state index in [0.29, 0.717) is 37.6 Å². The fourth-order valence-electron chi connectivity index (χ4n) is 2.23. The number of nitrogens with zero attached hydrogens (tertiary/aromatic N) is 1. The number of carbonyl (C=O) groups excluding carboxylic acids is 2. The summed E-state index contributed by atoms with van der Waals surface area (Å²) in [7, 11) is 0. The Bertz CT molecular complexity index is 560. The predicted octanol–water partition coefficient (Wildman–Crippen LogP) is 1.49. The Morgan fingerprint density at radius 3 is 2.57 bits per heavy atom. The van der Waals surface area contributed by atoms with Crippen molar-refractivity contribution in [1.82, 2.24) is 10.2 Å². The quantitative estimate of drug-likeness (QED) is 0.882. The van der Waals surface area contributed by atoms with Crippen LogP contribution in [0.2, 0.25) is 0 Å². The lowest BCUT2D eigenvalue weighted by atomic mass is 10.1. The van der Waals surface area contributed by atoms with Crippen LogP contribution in [0.25, 0.3) is 0 Å². The topological polar surface area (TPSA) is 70.7 Å². The summed E-state index contributed by atoms with van der Waals surface area (Å²) in [6.07, 6.45) is 0. The van der Waals surface area contributed by atoms with Crippen molar-refractivity contribution in [3.8, 4) is 0 Å². The van der Waals surface area contributed by atoms with Gasteiger partial charge in [0.1, 0.15) is 0 Å². The second-order valence-electron chi connectivity index (χ2n) is 6.64. The number of anilines is 1. The molecule has 0 spiro atoms. The molecule has 1 aliphatic rings. The van der Waals surface area contributed by atoms with E-state index < -0.39 is 0 Å². The third-order valence-electron chi connectivity index (χ3n) is 3.47. The molecule has 0 radical (unpaired) electrons. The van der Waals surface area contributed by atoms with Crippen LogP contribution in [-0.2, 0) is 9.53 Å². The van der Waals surface area contributed by atoms with Crippen LogP contribution in [-0.4, -0.2) is 55.1 Å². The maximum Gasteiger partial charge on any atom is 0.254 e. The van der Waals surface area contributed by atoms with Crippen molar-refractivity contribution in [3.63, 3.8) is 0 Å². The molecule has 1 aliphatic heterocycles. The molecule has 2 amide bonds. The Hall–Kier alpha value is -1.92. The third-order valence-corrected chi connectivity index (χ3v) is 3.47. The molecule has 23 heavy (non-hydrogen) atoms. The zero-order valence-corrected chi connectivity index (χ0v) is 14.0. The van der Waals surface area contributed by atoms with E-state index in [9.17, 15) is 9.59 Å². The first-order valence-corrected chi connectivity index (χ1v) is 7.87. The van der Waals surface area contributed by atoms with Gasteiger partial charge in [-0.15, -0.1) is 0 Å². The number of hydrogen-bond donors (Lipinski definition) is 2. The first-order chi connectivity index (χ1) is 10.8. The van der Waals surface area contributed by atoms with Gasteiger partial charge in [-0.3, -0.25) is 9.59 Å². The van der Waals surface area contributed by atoms with Crippen LogP contribution in [0.3, 0.4) is 0 Å². The molecule has 1 aromatic carbocycles. The number of nitrogens with one attached hydrogen (secondary N) is 2. The highest BCUT2D eigenvalue weighted by Gasteiger charge is 2.19. The standard InChI is InChI=1S/C17H25N3O3/c1-17(2,3)18-12-15(21)19-14-6-4-5-13(11-14)16(22)20-7-9-23-10-8-20/h4-6,11,18H,7-10,12H2,1-3H3,(H,19,21). The lowest BCUT2D eigenvalue weighted by Gasteiger charge is -2.27. The van der Waals surface area contributed by atoms with E-state index in [2.05, 4.69) is 10.6 Å². The van der Waals surface area contributed by atoms with Crippen molar-refractivity contribution in [2.45, 2.75) is 26.3 Å². The molecule has 1 fully saturated rings. The molecule has 126 valence electrons. The largest absolute Gasteiger partial charge is 0.378 e. The van der Waals surface area contributed by atoms with E-state index >= 15 is 0 Å². The molecule has 0 atom stereocenters. The number of morpholine rings is 1. The maximum atomic E-state index is 12.4. The highest BCUT2D eigenvalue weighted by atomic mass is 16.5. The van der Waals surface area contributed by atoms with Gasteiger partial charge in [0.15, 0.2) is 0 Å². The minimum absolute atomic E-state index is 0.0304. The van der Waals surface area contributed by atoms with E-state index in [4.69, 9.17) is 4.74 Å². The summed E-state index contributed by atoms with van der Waals surface area (Å²) in [5.41, 5.74) is 1.09. The Morgan fingerprint density at radius 1 is 1.22 bits per heavy atom. The van der Waals surface area contributed by atoms with Crippen LogP contribution in [0.15, 0.2) is 24.3 Å². The van der Waals surface area contributed by atoms with Gasteiger partial charge in [-0.25, -0.2) is 0 Å². The van der Waals surface area contributed by atoms with Crippen molar-refractivity contribution >= 4 is 17.5 Å². The minimum atomic E-state index is -0.129. The highest BCUT2D eigenvalue weighted by Crippen LogP contribution is 2.14. The van der Waals surface area contributed by atoms with Crippen molar-refractivity contribution in [2.75, 3.05) is 38.2 Å². The summed E-state index contributed by atoms with van der Waals surface area (Å²) in [6, 6.07) is 7.04. The Kier molecular flexibility index (Phi) is 5.74. The molecule has 6 nitrogen and oxygen atoms in total. The molecule has 6 heteroatoms. The van der Waals surface area contributed by atoms with Gasteiger partial charge in [-0.1, -0.05) is 6.07 Å². The van der Waals surface area contributed by atoms with Crippen LogP contribution in [0, 0.1) is 0 Å². The number of rotatable bonds is 4. The normalized spacial score (nSPS) is 15.3. The summed E-state index contributed by atoms with van der Waals surface area (Å²) >= 11 is 0. The summed E-state index contributed by atoms with van der Waals surface area (Å²) in [5.74, 6) is -0.159. The zero-order chi connectivity index (χ0) is 16.9. The zero-order valence-electron chi connectivity index (χ0n) is 14.0. The maximum absolute atomic E-state index is 12.4. The second-order valence-corrected chi connectivity index (χ2v) is 6.64. The van der Waals surface area contributed by atoms with E-state index in [1.165, 1.54) is 0 Å². The molecule has 0 aromatic heterocycles. The molecule has 1 saturated heterocycles. The molecule has 0 bridgehead atoms.